The zero-order valence-corrected chi connectivity index (χ0v) is 10.7. The highest BCUT2D eigenvalue weighted by Gasteiger charge is 2.19. The average molecular weight is 300 g/mol. The number of aromatic nitrogens is 1. The molecular formula is C12H8ClF2N3O2. The van der Waals surface area contributed by atoms with Gasteiger partial charge in [-0.3, -0.25) is 10.1 Å². The van der Waals surface area contributed by atoms with E-state index in [4.69, 9.17) is 11.6 Å². The van der Waals surface area contributed by atoms with Crippen molar-refractivity contribution in [1.29, 1.82) is 0 Å². The van der Waals surface area contributed by atoms with E-state index in [2.05, 4.69) is 10.3 Å². The third-order valence-corrected chi connectivity index (χ3v) is 2.74. The van der Waals surface area contributed by atoms with Crippen molar-refractivity contribution in [3.8, 4) is 0 Å². The molecule has 1 aromatic heterocycles. The van der Waals surface area contributed by atoms with Gasteiger partial charge in [0.05, 0.1) is 4.92 Å². The standard InChI is InChI=1S/C12H8ClF2N3O2/c13-10-1-2-16-12(11(10)18(19)20)17-6-7-3-8(14)5-9(15)4-7/h1-5H,6H2,(H,16,17). The number of anilines is 1. The highest BCUT2D eigenvalue weighted by molar-refractivity contribution is 6.33. The SMILES string of the molecule is O=[N+]([O-])c1c(Cl)ccnc1NCc1cc(F)cc(F)c1. The van der Waals surface area contributed by atoms with Gasteiger partial charge in [-0.1, -0.05) is 11.6 Å². The molecule has 8 heteroatoms. The van der Waals surface area contributed by atoms with Gasteiger partial charge in [-0.05, 0) is 23.8 Å². The minimum Gasteiger partial charge on any atom is -0.360 e. The summed E-state index contributed by atoms with van der Waals surface area (Å²) in [6, 6.07) is 4.26. The first-order chi connectivity index (χ1) is 9.47. The van der Waals surface area contributed by atoms with E-state index >= 15 is 0 Å². The summed E-state index contributed by atoms with van der Waals surface area (Å²) < 4.78 is 26.0. The molecule has 0 radical (unpaired) electrons. The molecule has 0 spiro atoms. The predicted molar refractivity (Wildman–Crippen MR) is 69.6 cm³/mol. The van der Waals surface area contributed by atoms with Crippen molar-refractivity contribution in [1.82, 2.24) is 4.98 Å². The van der Waals surface area contributed by atoms with Gasteiger partial charge in [-0.25, -0.2) is 13.8 Å². The molecule has 2 aromatic rings. The molecule has 0 aliphatic heterocycles. The molecule has 104 valence electrons. The lowest BCUT2D eigenvalue weighted by Crippen LogP contribution is -2.05. The van der Waals surface area contributed by atoms with Crippen molar-refractivity contribution < 1.29 is 13.7 Å². The van der Waals surface area contributed by atoms with E-state index in [0.717, 1.165) is 18.2 Å². The summed E-state index contributed by atoms with van der Waals surface area (Å²) in [5.41, 5.74) is -0.0929. The third-order valence-electron chi connectivity index (χ3n) is 2.44. The maximum atomic E-state index is 13.0. The number of rotatable bonds is 4. The number of hydrogen-bond acceptors (Lipinski definition) is 4. The maximum absolute atomic E-state index is 13.0. The molecule has 0 bridgehead atoms. The van der Waals surface area contributed by atoms with Crippen LogP contribution < -0.4 is 5.32 Å². The second kappa shape index (κ2) is 5.79. The summed E-state index contributed by atoms with van der Waals surface area (Å²) in [7, 11) is 0. The fourth-order valence-electron chi connectivity index (χ4n) is 1.63. The number of nitro groups is 1. The topological polar surface area (TPSA) is 68.1 Å². The normalized spacial score (nSPS) is 10.3. The molecular weight excluding hydrogens is 292 g/mol. The quantitative estimate of drug-likeness (QED) is 0.692. The molecule has 0 fully saturated rings. The number of benzene rings is 1. The van der Waals surface area contributed by atoms with E-state index < -0.39 is 16.6 Å². The first-order valence-corrected chi connectivity index (χ1v) is 5.83. The van der Waals surface area contributed by atoms with Crippen LogP contribution in [0.25, 0.3) is 0 Å². The summed E-state index contributed by atoms with van der Waals surface area (Å²) in [4.78, 5) is 14.0. The Morgan fingerprint density at radius 1 is 1.30 bits per heavy atom. The second-order valence-corrected chi connectivity index (χ2v) is 4.29. The molecule has 0 saturated heterocycles. The third kappa shape index (κ3) is 3.18. The first kappa shape index (κ1) is 14.1. The smallest absolute Gasteiger partial charge is 0.329 e. The Labute approximate surface area is 117 Å². The monoisotopic (exact) mass is 299 g/mol. The van der Waals surface area contributed by atoms with E-state index in [1.807, 2.05) is 0 Å². The summed E-state index contributed by atoms with van der Waals surface area (Å²) in [6.07, 6.45) is 1.30. The van der Waals surface area contributed by atoms with Gasteiger partial charge < -0.3 is 5.32 Å². The van der Waals surface area contributed by atoms with Crippen LogP contribution >= 0.6 is 11.6 Å². The zero-order chi connectivity index (χ0) is 14.7. The van der Waals surface area contributed by atoms with Crippen LogP contribution in [0.4, 0.5) is 20.3 Å². The maximum Gasteiger partial charge on any atom is 0.329 e. The molecule has 0 saturated carbocycles. The minimum absolute atomic E-state index is 0.0249. The molecule has 1 N–H and O–H groups in total. The van der Waals surface area contributed by atoms with Crippen LogP contribution in [-0.2, 0) is 6.54 Å². The second-order valence-electron chi connectivity index (χ2n) is 3.88. The molecule has 5 nitrogen and oxygen atoms in total. The average Bonchev–Trinajstić information content (AvgIpc) is 2.34. The van der Waals surface area contributed by atoms with E-state index in [1.165, 1.54) is 12.3 Å². The van der Waals surface area contributed by atoms with Crippen LogP contribution in [0.5, 0.6) is 0 Å². The summed E-state index contributed by atoms with van der Waals surface area (Å²) in [5, 5.41) is 13.4. The minimum atomic E-state index is -0.727. The van der Waals surface area contributed by atoms with Crippen molar-refractivity contribution in [2.24, 2.45) is 0 Å². The Kier molecular flexibility index (Phi) is 4.09. The molecule has 2 rings (SSSR count). The van der Waals surface area contributed by atoms with Gasteiger partial charge in [0.1, 0.15) is 16.7 Å². The number of nitrogens with zero attached hydrogens (tertiary/aromatic N) is 2. The summed E-state index contributed by atoms with van der Waals surface area (Å²) in [5.74, 6) is -1.52. The van der Waals surface area contributed by atoms with Crippen molar-refractivity contribution in [3.05, 3.63) is 62.8 Å². The fraction of sp³-hybridized carbons (Fsp3) is 0.0833. The zero-order valence-electron chi connectivity index (χ0n) is 9.94. The van der Waals surface area contributed by atoms with Gasteiger partial charge >= 0.3 is 5.69 Å². The number of pyridine rings is 1. The van der Waals surface area contributed by atoms with Gasteiger partial charge in [-0.15, -0.1) is 0 Å². The number of hydrogen-bond donors (Lipinski definition) is 1. The van der Waals surface area contributed by atoms with Gasteiger partial charge in [0, 0.05) is 18.8 Å². The lowest BCUT2D eigenvalue weighted by atomic mass is 10.2. The number of halogens is 3. The summed E-state index contributed by atoms with van der Waals surface area (Å²) in [6.45, 7) is -0.0249. The van der Waals surface area contributed by atoms with E-state index in [9.17, 15) is 18.9 Å². The van der Waals surface area contributed by atoms with Crippen LogP contribution in [0.2, 0.25) is 5.02 Å². The van der Waals surface area contributed by atoms with Crippen molar-refractivity contribution in [2.75, 3.05) is 5.32 Å². The molecule has 20 heavy (non-hydrogen) atoms. The van der Waals surface area contributed by atoms with E-state index in [0.29, 0.717) is 5.56 Å². The Morgan fingerprint density at radius 3 is 2.55 bits per heavy atom. The lowest BCUT2D eigenvalue weighted by molar-refractivity contribution is -0.384. The van der Waals surface area contributed by atoms with Crippen LogP contribution in [-0.4, -0.2) is 9.91 Å². The molecule has 1 aromatic carbocycles. The van der Waals surface area contributed by atoms with Gasteiger partial charge in [0.2, 0.25) is 5.82 Å². The Hall–Kier alpha value is -2.28. The van der Waals surface area contributed by atoms with E-state index in [-0.39, 0.29) is 23.1 Å². The lowest BCUT2D eigenvalue weighted by Gasteiger charge is -2.07. The van der Waals surface area contributed by atoms with E-state index in [1.54, 1.807) is 0 Å². The highest BCUT2D eigenvalue weighted by atomic mass is 35.5. The first-order valence-electron chi connectivity index (χ1n) is 5.45. The Morgan fingerprint density at radius 2 is 1.95 bits per heavy atom. The Bertz CT molecular complexity index is 647. The molecule has 1 heterocycles. The van der Waals surface area contributed by atoms with Gasteiger partial charge in [0.15, 0.2) is 0 Å². The van der Waals surface area contributed by atoms with Crippen molar-refractivity contribution >= 4 is 23.1 Å². The van der Waals surface area contributed by atoms with Crippen LogP contribution in [0.15, 0.2) is 30.5 Å². The molecule has 0 aliphatic rings. The molecule has 0 unspecified atom stereocenters. The fourth-order valence-corrected chi connectivity index (χ4v) is 1.85. The summed E-state index contributed by atoms with van der Waals surface area (Å²) >= 11 is 5.71. The predicted octanol–water partition coefficient (Wildman–Crippen LogP) is 3.53. The molecule has 0 amide bonds. The van der Waals surface area contributed by atoms with Gasteiger partial charge in [-0.2, -0.15) is 0 Å². The Balaban J connectivity index is 2.23. The van der Waals surface area contributed by atoms with Crippen molar-refractivity contribution in [3.63, 3.8) is 0 Å². The molecule has 0 aliphatic carbocycles. The van der Waals surface area contributed by atoms with Crippen LogP contribution in [0, 0.1) is 21.7 Å². The van der Waals surface area contributed by atoms with Crippen LogP contribution in [0.1, 0.15) is 5.56 Å². The number of nitrogens with one attached hydrogen (secondary N) is 1. The van der Waals surface area contributed by atoms with Gasteiger partial charge in [0.25, 0.3) is 0 Å². The van der Waals surface area contributed by atoms with Crippen molar-refractivity contribution in [2.45, 2.75) is 6.54 Å². The molecule has 0 atom stereocenters. The highest BCUT2D eigenvalue weighted by Crippen LogP contribution is 2.30. The largest absolute Gasteiger partial charge is 0.360 e. The van der Waals surface area contributed by atoms with Crippen LogP contribution in [0.3, 0.4) is 0 Å².